The molecule has 0 saturated heterocycles. The molecule has 24 heavy (non-hydrogen) atoms. The van der Waals surface area contributed by atoms with Crippen molar-refractivity contribution in [3.63, 3.8) is 0 Å². The van der Waals surface area contributed by atoms with Crippen molar-refractivity contribution >= 4 is 28.4 Å². The average molecular weight is 340 g/mol. The molecule has 124 valence electrons. The van der Waals surface area contributed by atoms with E-state index in [1.54, 1.807) is 6.33 Å². The zero-order valence-corrected chi connectivity index (χ0v) is 14.7. The molecule has 0 radical (unpaired) electrons. The van der Waals surface area contributed by atoms with E-state index in [0.717, 1.165) is 10.7 Å². The Hall–Kier alpha value is -2.34. The zero-order valence-electron chi connectivity index (χ0n) is 13.9. The number of aryl methyl sites for hydroxylation is 1. The number of amides is 1. The van der Waals surface area contributed by atoms with Gasteiger partial charge < -0.3 is 9.88 Å². The highest BCUT2D eigenvalue weighted by Crippen LogP contribution is 2.25. The summed E-state index contributed by atoms with van der Waals surface area (Å²) >= 11 is 1.40. The van der Waals surface area contributed by atoms with Gasteiger partial charge in [0.15, 0.2) is 5.16 Å². The van der Waals surface area contributed by atoms with Crippen molar-refractivity contribution in [3.05, 3.63) is 54.4 Å². The van der Waals surface area contributed by atoms with E-state index in [0.29, 0.717) is 0 Å². The lowest BCUT2D eigenvalue weighted by Gasteiger charge is -2.19. The van der Waals surface area contributed by atoms with Crippen molar-refractivity contribution < 1.29 is 4.79 Å². The maximum atomic E-state index is 12.5. The van der Waals surface area contributed by atoms with E-state index >= 15 is 0 Å². The van der Waals surface area contributed by atoms with E-state index in [1.807, 2.05) is 43.7 Å². The third-order valence-electron chi connectivity index (χ3n) is 3.97. The molecule has 0 aliphatic carbocycles. The Bertz CT molecular complexity index is 856. The van der Waals surface area contributed by atoms with Crippen molar-refractivity contribution in [2.24, 2.45) is 7.05 Å². The van der Waals surface area contributed by atoms with Crippen molar-refractivity contribution in [2.45, 2.75) is 30.3 Å². The first-order valence-electron chi connectivity index (χ1n) is 7.85. The summed E-state index contributed by atoms with van der Waals surface area (Å²) in [7, 11) is 1.87. The fourth-order valence-corrected chi connectivity index (χ4v) is 3.43. The molecule has 6 heteroatoms. The van der Waals surface area contributed by atoms with Gasteiger partial charge in [-0.3, -0.25) is 4.79 Å². The Morgan fingerprint density at radius 3 is 2.67 bits per heavy atom. The van der Waals surface area contributed by atoms with Gasteiger partial charge in [0.25, 0.3) is 0 Å². The summed E-state index contributed by atoms with van der Waals surface area (Å²) in [6.45, 7) is 3.89. The second-order valence-corrected chi connectivity index (χ2v) is 7.09. The molecule has 0 saturated carbocycles. The number of hydrogen-bond donors (Lipinski definition) is 1. The quantitative estimate of drug-likeness (QED) is 0.724. The van der Waals surface area contributed by atoms with Crippen molar-refractivity contribution in [2.75, 3.05) is 0 Å². The van der Waals surface area contributed by atoms with E-state index < -0.39 is 0 Å². The van der Waals surface area contributed by atoms with Crippen LogP contribution in [0.25, 0.3) is 10.8 Å². The molecule has 0 aliphatic heterocycles. The van der Waals surface area contributed by atoms with E-state index in [2.05, 4.69) is 39.8 Å². The van der Waals surface area contributed by atoms with Crippen LogP contribution in [-0.4, -0.2) is 25.9 Å². The van der Waals surface area contributed by atoms with Crippen LogP contribution in [-0.2, 0) is 11.8 Å². The highest BCUT2D eigenvalue weighted by molar-refractivity contribution is 8.00. The molecule has 3 rings (SSSR count). The number of nitrogens with zero attached hydrogens (tertiary/aromatic N) is 3. The predicted octanol–water partition coefficient (Wildman–Crippen LogP) is 3.33. The summed E-state index contributed by atoms with van der Waals surface area (Å²) < 4.78 is 1.81. The molecule has 1 N–H and O–H groups in total. The molecule has 0 fully saturated rings. The Morgan fingerprint density at radius 2 is 1.92 bits per heavy atom. The summed E-state index contributed by atoms with van der Waals surface area (Å²) in [6, 6.07) is 14.3. The predicted molar refractivity (Wildman–Crippen MR) is 96.8 cm³/mol. The highest BCUT2D eigenvalue weighted by atomic mass is 32.2. The number of thioether (sulfide) groups is 1. The van der Waals surface area contributed by atoms with Gasteiger partial charge in [0.2, 0.25) is 5.91 Å². The van der Waals surface area contributed by atoms with Gasteiger partial charge in [0.05, 0.1) is 11.3 Å². The van der Waals surface area contributed by atoms with E-state index in [4.69, 9.17) is 0 Å². The van der Waals surface area contributed by atoms with Gasteiger partial charge in [0.1, 0.15) is 6.33 Å². The number of fused-ring (bicyclic) bond motifs is 1. The van der Waals surface area contributed by atoms with Crippen LogP contribution >= 0.6 is 11.8 Å². The molecule has 2 aromatic carbocycles. The minimum atomic E-state index is -0.245. The molecule has 1 aromatic heterocycles. The first-order chi connectivity index (χ1) is 11.6. The number of benzene rings is 2. The van der Waals surface area contributed by atoms with E-state index in [-0.39, 0.29) is 17.2 Å². The van der Waals surface area contributed by atoms with Gasteiger partial charge in [-0.15, -0.1) is 10.2 Å². The molecule has 1 amide bonds. The van der Waals surface area contributed by atoms with Gasteiger partial charge in [-0.25, -0.2) is 0 Å². The summed E-state index contributed by atoms with van der Waals surface area (Å²) in [5.74, 6) is -0.0107. The largest absolute Gasteiger partial charge is 0.349 e. The lowest BCUT2D eigenvalue weighted by Crippen LogP contribution is -2.33. The van der Waals surface area contributed by atoms with Gasteiger partial charge in [-0.1, -0.05) is 54.2 Å². The first kappa shape index (κ1) is 16.5. The Kier molecular flexibility index (Phi) is 4.85. The molecule has 0 spiro atoms. The second-order valence-electron chi connectivity index (χ2n) is 5.78. The SMILES string of the molecule is CC(Sc1nncn1C)C(=O)NC(C)c1cccc2ccccc12. The van der Waals surface area contributed by atoms with Gasteiger partial charge in [-0.05, 0) is 30.2 Å². The molecular formula is C18H20N4OS. The van der Waals surface area contributed by atoms with Crippen LogP contribution < -0.4 is 5.32 Å². The summed E-state index contributed by atoms with van der Waals surface area (Å²) in [6.07, 6.45) is 1.63. The van der Waals surface area contributed by atoms with Crippen molar-refractivity contribution in [1.82, 2.24) is 20.1 Å². The Morgan fingerprint density at radius 1 is 1.17 bits per heavy atom. The Balaban J connectivity index is 1.72. The Labute approximate surface area is 145 Å². The molecule has 0 bridgehead atoms. The van der Waals surface area contributed by atoms with Crippen LogP contribution in [0.1, 0.15) is 25.5 Å². The summed E-state index contributed by atoms with van der Waals surface area (Å²) in [5.41, 5.74) is 1.12. The fraction of sp³-hybridized carbons (Fsp3) is 0.278. The number of carbonyl (C=O) groups excluding carboxylic acids is 1. The van der Waals surface area contributed by atoms with Crippen molar-refractivity contribution in [1.29, 1.82) is 0 Å². The molecular weight excluding hydrogens is 320 g/mol. The van der Waals surface area contributed by atoms with Gasteiger partial charge in [0, 0.05) is 7.05 Å². The van der Waals surface area contributed by atoms with Crippen molar-refractivity contribution in [3.8, 4) is 0 Å². The molecule has 2 unspecified atom stereocenters. The van der Waals surface area contributed by atoms with Crippen LogP contribution in [0.3, 0.4) is 0 Å². The molecule has 3 aromatic rings. The molecule has 0 aliphatic rings. The topological polar surface area (TPSA) is 59.8 Å². The molecule has 1 heterocycles. The van der Waals surface area contributed by atoms with Crippen LogP contribution in [0.15, 0.2) is 53.9 Å². The number of rotatable bonds is 5. The van der Waals surface area contributed by atoms with Gasteiger partial charge in [-0.2, -0.15) is 0 Å². The smallest absolute Gasteiger partial charge is 0.233 e. The van der Waals surface area contributed by atoms with Crippen LogP contribution in [0.5, 0.6) is 0 Å². The standard InChI is InChI=1S/C18H20N4OS/c1-12(15-10-6-8-14-7-4-5-9-16(14)15)20-17(23)13(2)24-18-21-19-11-22(18)3/h4-13H,1-3H3,(H,20,23). The third kappa shape index (κ3) is 3.43. The minimum Gasteiger partial charge on any atom is -0.349 e. The zero-order chi connectivity index (χ0) is 17.1. The average Bonchev–Trinajstić information content (AvgIpc) is 2.99. The maximum absolute atomic E-state index is 12.5. The van der Waals surface area contributed by atoms with Crippen LogP contribution in [0, 0.1) is 0 Å². The summed E-state index contributed by atoms with van der Waals surface area (Å²) in [5, 5.41) is 13.8. The lowest BCUT2D eigenvalue weighted by atomic mass is 9.99. The van der Waals surface area contributed by atoms with E-state index in [9.17, 15) is 4.79 Å². The fourth-order valence-electron chi connectivity index (χ4n) is 2.63. The molecule has 5 nitrogen and oxygen atoms in total. The number of aromatic nitrogens is 3. The minimum absolute atomic E-state index is 0.0107. The second kappa shape index (κ2) is 7.05. The summed E-state index contributed by atoms with van der Waals surface area (Å²) in [4.78, 5) is 12.5. The van der Waals surface area contributed by atoms with Gasteiger partial charge >= 0.3 is 0 Å². The number of hydrogen-bond acceptors (Lipinski definition) is 4. The number of nitrogens with one attached hydrogen (secondary N) is 1. The monoisotopic (exact) mass is 340 g/mol. The maximum Gasteiger partial charge on any atom is 0.233 e. The lowest BCUT2D eigenvalue weighted by molar-refractivity contribution is -0.120. The molecule has 2 atom stereocenters. The highest BCUT2D eigenvalue weighted by Gasteiger charge is 2.20. The van der Waals surface area contributed by atoms with E-state index in [1.165, 1.54) is 22.5 Å². The van der Waals surface area contributed by atoms with Crippen LogP contribution in [0.4, 0.5) is 0 Å². The normalized spacial score (nSPS) is 13.6. The number of carbonyl (C=O) groups is 1. The third-order valence-corrected chi connectivity index (χ3v) is 5.12. The van der Waals surface area contributed by atoms with Crippen LogP contribution in [0.2, 0.25) is 0 Å². The first-order valence-corrected chi connectivity index (χ1v) is 8.73.